The van der Waals surface area contributed by atoms with Gasteiger partial charge < -0.3 is 4.42 Å². The number of furan rings is 1. The molecular weight excluding hydrogens is 773 g/mol. The molecule has 0 amide bonds. The summed E-state index contributed by atoms with van der Waals surface area (Å²) in [7, 11) is 0. The van der Waals surface area contributed by atoms with E-state index in [-0.39, 0.29) is 0 Å². The zero-order valence-electron chi connectivity index (χ0n) is 33.5. The number of para-hydroxylation sites is 1. The number of aromatic nitrogens is 2. The quantitative estimate of drug-likeness (QED) is 0.161. The van der Waals surface area contributed by atoms with Crippen molar-refractivity contribution in [3.05, 3.63) is 218 Å². The number of hydrogen-bond acceptors (Lipinski definition) is 4. The van der Waals surface area contributed by atoms with Gasteiger partial charge in [0.2, 0.25) is 0 Å². The molecule has 0 unspecified atom stereocenters. The summed E-state index contributed by atoms with van der Waals surface area (Å²) in [6.45, 7) is 0. The van der Waals surface area contributed by atoms with Crippen LogP contribution < -0.4 is 0 Å². The monoisotopic (exact) mass is 808 g/mol. The number of benzene rings is 9. The Labute approximate surface area is 362 Å². The summed E-state index contributed by atoms with van der Waals surface area (Å²) in [5.41, 5.74) is 15.5. The van der Waals surface area contributed by atoms with E-state index in [0.717, 1.165) is 89.0 Å². The predicted octanol–water partition coefficient (Wildman–Crippen LogP) is 16.4. The predicted molar refractivity (Wildman–Crippen MR) is 260 cm³/mol. The second-order valence-corrected chi connectivity index (χ2v) is 16.8. The normalized spacial score (nSPS) is 11.5. The van der Waals surface area contributed by atoms with Gasteiger partial charge in [-0.3, -0.25) is 0 Å². The first kappa shape index (κ1) is 36.0. The van der Waals surface area contributed by atoms with Gasteiger partial charge in [-0.15, -0.1) is 11.3 Å². The lowest BCUT2D eigenvalue weighted by Crippen LogP contribution is -1.96. The summed E-state index contributed by atoms with van der Waals surface area (Å²) in [4.78, 5) is 10.5. The average Bonchev–Trinajstić information content (AvgIpc) is 3.93. The van der Waals surface area contributed by atoms with E-state index in [2.05, 4.69) is 206 Å². The van der Waals surface area contributed by atoms with Crippen molar-refractivity contribution in [1.82, 2.24) is 9.97 Å². The van der Waals surface area contributed by atoms with Gasteiger partial charge in [0, 0.05) is 53.2 Å². The highest BCUT2D eigenvalue weighted by molar-refractivity contribution is 7.25. The van der Waals surface area contributed by atoms with Crippen molar-refractivity contribution in [3.8, 4) is 78.4 Å². The summed E-state index contributed by atoms with van der Waals surface area (Å²) in [5, 5.41) is 4.83. The van der Waals surface area contributed by atoms with Crippen LogP contribution in [0.5, 0.6) is 0 Å². The molecule has 0 aliphatic rings. The van der Waals surface area contributed by atoms with Gasteiger partial charge in [-0.1, -0.05) is 170 Å². The first-order valence-corrected chi connectivity index (χ1v) is 21.7. The highest BCUT2D eigenvalue weighted by Gasteiger charge is 2.19. The Morgan fingerprint density at radius 3 is 1.56 bits per heavy atom. The van der Waals surface area contributed by atoms with Crippen LogP contribution in [0.4, 0.5) is 0 Å². The fraction of sp³-hybridized carbons (Fsp3) is 0. The number of thiophene rings is 1. The van der Waals surface area contributed by atoms with E-state index in [1.807, 2.05) is 23.5 Å². The van der Waals surface area contributed by atoms with Crippen molar-refractivity contribution >= 4 is 53.4 Å². The Kier molecular flexibility index (Phi) is 8.68. The third-order valence-corrected chi connectivity index (χ3v) is 13.0. The Morgan fingerprint density at radius 2 is 0.855 bits per heavy atom. The Bertz CT molecular complexity index is 3550. The molecule has 290 valence electrons. The first-order chi connectivity index (χ1) is 30.7. The van der Waals surface area contributed by atoms with Crippen molar-refractivity contribution in [3.63, 3.8) is 0 Å². The number of nitrogens with zero attached hydrogens (tertiary/aromatic N) is 2. The van der Waals surface area contributed by atoms with E-state index in [4.69, 9.17) is 14.4 Å². The molecular formula is C58H36N2OS. The first-order valence-electron chi connectivity index (χ1n) is 20.9. The Morgan fingerprint density at radius 1 is 0.323 bits per heavy atom. The summed E-state index contributed by atoms with van der Waals surface area (Å²) < 4.78 is 9.33. The molecule has 0 N–H and O–H groups in total. The van der Waals surface area contributed by atoms with Crippen LogP contribution >= 0.6 is 11.3 Å². The van der Waals surface area contributed by atoms with Crippen LogP contribution in [0.1, 0.15) is 0 Å². The van der Waals surface area contributed by atoms with Crippen molar-refractivity contribution in [1.29, 1.82) is 0 Å². The molecule has 0 saturated carbocycles. The molecule has 0 aliphatic heterocycles. The number of fused-ring (bicyclic) bond motifs is 6. The SMILES string of the molecule is c1ccc(-c2cc(-c3ccccc3)cc(-c3cc(-c4ccccc4)nc(-c4ccc(-c5ccc(-c6ccc7c(c6)sc6ccccc67)c6c5oc5ccccc56)cc4)n3)c2)cc1. The highest BCUT2D eigenvalue weighted by Crippen LogP contribution is 2.44. The largest absolute Gasteiger partial charge is 0.455 e. The lowest BCUT2D eigenvalue weighted by Gasteiger charge is -2.13. The van der Waals surface area contributed by atoms with Gasteiger partial charge >= 0.3 is 0 Å². The van der Waals surface area contributed by atoms with Crippen LogP contribution in [0.15, 0.2) is 223 Å². The molecule has 0 aliphatic carbocycles. The van der Waals surface area contributed by atoms with Gasteiger partial charge in [-0.05, 0) is 87.5 Å². The fourth-order valence-electron chi connectivity index (χ4n) is 8.84. The van der Waals surface area contributed by atoms with Crippen molar-refractivity contribution in [2.75, 3.05) is 0 Å². The van der Waals surface area contributed by atoms with Gasteiger partial charge in [0.05, 0.1) is 11.4 Å². The van der Waals surface area contributed by atoms with Gasteiger partial charge in [0.15, 0.2) is 5.82 Å². The standard InChI is InChI=1S/C58H36N2OS/c1-4-14-37(15-5-1)43-32-44(38-16-6-2-7-17-38)34-45(33-43)52-36-51(40-18-8-3-9-19-40)59-58(60-52)41-26-24-39(25-27-41)47-31-30-46(56-50-21-10-12-22-53(50)61-57(47)56)42-28-29-49-48-20-11-13-23-54(48)62-55(49)35-42/h1-36H. The minimum absolute atomic E-state index is 0.667. The molecule has 4 heteroatoms. The molecule has 3 nitrogen and oxygen atoms in total. The molecule has 0 radical (unpaired) electrons. The molecule has 9 aromatic carbocycles. The van der Waals surface area contributed by atoms with Gasteiger partial charge in [-0.25, -0.2) is 9.97 Å². The van der Waals surface area contributed by atoms with E-state index < -0.39 is 0 Å². The maximum atomic E-state index is 6.74. The van der Waals surface area contributed by atoms with Crippen molar-refractivity contribution in [2.45, 2.75) is 0 Å². The Balaban J connectivity index is 0.976. The maximum absolute atomic E-state index is 6.74. The molecule has 3 heterocycles. The van der Waals surface area contributed by atoms with Gasteiger partial charge in [0.1, 0.15) is 11.2 Å². The molecule has 12 rings (SSSR count). The topological polar surface area (TPSA) is 38.9 Å². The third-order valence-electron chi connectivity index (χ3n) is 11.9. The van der Waals surface area contributed by atoms with Crippen LogP contribution in [0.3, 0.4) is 0 Å². The van der Waals surface area contributed by atoms with Crippen LogP contribution in [-0.2, 0) is 0 Å². The summed E-state index contributed by atoms with van der Waals surface area (Å²) in [5.74, 6) is 0.667. The fourth-order valence-corrected chi connectivity index (χ4v) is 9.98. The zero-order valence-corrected chi connectivity index (χ0v) is 34.3. The van der Waals surface area contributed by atoms with E-state index in [1.165, 1.54) is 25.7 Å². The minimum atomic E-state index is 0.667. The van der Waals surface area contributed by atoms with E-state index in [0.29, 0.717) is 5.82 Å². The summed E-state index contributed by atoms with van der Waals surface area (Å²) >= 11 is 1.85. The number of rotatable bonds is 7. The lowest BCUT2D eigenvalue weighted by molar-refractivity contribution is 0.670. The smallest absolute Gasteiger partial charge is 0.160 e. The molecule has 3 aromatic heterocycles. The van der Waals surface area contributed by atoms with Crippen molar-refractivity contribution in [2.24, 2.45) is 0 Å². The molecule has 0 fully saturated rings. The number of hydrogen-bond donors (Lipinski definition) is 0. The van der Waals surface area contributed by atoms with Crippen molar-refractivity contribution < 1.29 is 4.42 Å². The van der Waals surface area contributed by atoms with Crippen LogP contribution in [0, 0.1) is 0 Å². The van der Waals surface area contributed by atoms with Crippen LogP contribution in [-0.4, -0.2) is 9.97 Å². The second kappa shape index (κ2) is 15.0. The average molecular weight is 809 g/mol. The second-order valence-electron chi connectivity index (χ2n) is 15.7. The van der Waals surface area contributed by atoms with Gasteiger partial charge in [0.25, 0.3) is 0 Å². The Hall–Kier alpha value is -7.92. The molecule has 0 saturated heterocycles. The maximum Gasteiger partial charge on any atom is 0.160 e. The van der Waals surface area contributed by atoms with Crippen LogP contribution in [0.25, 0.3) is 121 Å². The molecule has 0 bridgehead atoms. The van der Waals surface area contributed by atoms with E-state index in [9.17, 15) is 0 Å². The molecule has 0 spiro atoms. The summed E-state index contributed by atoms with van der Waals surface area (Å²) in [6.07, 6.45) is 0. The third kappa shape index (κ3) is 6.37. The van der Waals surface area contributed by atoms with E-state index in [1.54, 1.807) is 0 Å². The van der Waals surface area contributed by atoms with Crippen LogP contribution in [0.2, 0.25) is 0 Å². The molecule has 62 heavy (non-hydrogen) atoms. The lowest BCUT2D eigenvalue weighted by atomic mass is 9.94. The zero-order chi connectivity index (χ0) is 41.0. The molecule has 12 aromatic rings. The highest BCUT2D eigenvalue weighted by atomic mass is 32.1. The molecule has 0 atom stereocenters. The van der Waals surface area contributed by atoms with Gasteiger partial charge in [-0.2, -0.15) is 0 Å². The minimum Gasteiger partial charge on any atom is -0.455 e. The van der Waals surface area contributed by atoms with E-state index >= 15 is 0 Å². The summed E-state index contributed by atoms with van der Waals surface area (Å²) in [6, 6.07) is 77.3.